The monoisotopic (exact) mass is 463 g/mol. The molecule has 0 spiro atoms. The Kier molecular flexibility index (Phi) is 7.66. The molecule has 3 heterocycles. The Balaban J connectivity index is 0.00000289. The molecule has 32 heavy (non-hydrogen) atoms. The van der Waals surface area contributed by atoms with Gasteiger partial charge < -0.3 is 34.9 Å². The lowest BCUT2D eigenvalue weighted by Gasteiger charge is -2.22. The molecule has 0 aliphatic carbocycles. The first-order chi connectivity index (χ1) is 15.1. The van der Waals surface area contributed by atoms with Crippen molar-refractivity contribution >= 4 is 24.2 Å². The van der Waals surface area contributed by atoms with Gasteiger partial charge in [-0.25, -0.2) is 0 Å². The van der Waals surface area contributed by atoms with Gasteiger partial charge in [-0.15, -0.1) is 12.4 Å². The average molecular weight is 464 g/mol. The number of amides is 2. The van der Waals surface area contributed by atoms with Crippen molar-refractivity contribution in [3.8, 4) is 23.0 Å². The Morgan fingerprint density at radius 2 is 1.84 bits per heavy atom. The van der Waals surface area contributed by atoms with Crippen LogP contribution in [0.1, 0.15) is 15.9 Å². The highest BCUT2D eigenvalue weighted by atomic mass is 35.5. The van der Waals surface area contributed by atoms with Crippen molar-refractivity contribution in [2.24, 2.45) is 0 Å². The van der Waals surface area contributed by atoms with Gasteiger partial charge in [0.2, 0.25) is 0 Å². The molecule has 3 N–H and O–H groups in total. The molecule has 5 rings (SSSR count). The number of carbonyl (C=O) groups is 2. The normalized spacial score (nSPS) is 20.4. The van der Waals surface area contributed by atoms with Crippen LogP contribution in [0.2, 0.25) is 0 Å². The van der Waals surface area contributed by atoms with Crippen LogP contribution in [0.4, 0.5) is 0 Å². The van der Waals surface area contributed by atoms with Crippen LogP contribution < -0.4 is 34.9 Å². The van der Waals surface area contributed by atoms with Crippen molar-refractivity contribution in [2.75, 3.05) is 33.9 Å². The quantitative estimate of drug-likeness (QED) is 0.616. The number of ether oxygens (including phenoxy) is 4. The van der Waals surface area contributed by atoms with Crippen molar-refractivity contribution in [3.63, 3.8) is 0 Å². The van der Waals surface area contributed by atoms with Crippen LogP contribution in [0.3, 0.4) is 0 Å². The number of hydrogen-bond acceptors (Lipinski definition) is 7. The third-order valence-electron chi connectivity index (χ3n) is 5.24. The molecular formula is C22H26ClN3O6. The van der Waals surface area contributed by atoms with Crippen LogP contribution in [-0.2, 0) is 11.3 Å². The first-order valence-corrected chi connectivity index (χ1v) is 9.99. The van der Waals surface area contributed by atoms with Crippen LogP contribution in [0.25, 0.3) is 0 Å². The van der Waals surface area contributed by atoms with E-state index in [0.717, 1.165) is 5.56 Å². The Labute approximate surface area is 192 Å². The number of nitrogens with one attached hydrogen (secondary N) is 3. The van der Waals surface area contributed by atoms with Crippen molar-refractivity contribution in [1.29, 1.82) is 0 Å². The molecule has 2 amide bonds. The van der Waals surface area contributed by atoms with Crippen molar-refractivity contribution < 1.29 is 28.5 Å². The Morgan fingerprint density at radius 1 is 1.00 bits per heavy atom. The smallest absolute Gasteiger partial charge is 0.258 e. The number of benzene rings is 2. The molecule has 4 bridgehead atoms. The summed E-state index contributed by atoms with van der Waals surface area (Å²) in [7, 11) is 3.07. The van der Waals surface area contributed by atoms with Gasteiger partial charge in [0.15, 0.2) is 6.61 Å². The standard InChI is InChI=1S/C22H25N3O6.ClH/c1-28-16-5-14-6-17(7-16)30-12-21(26)24-9-13-3-4-15(8-19(13)29-2)31-20-11-23-10-18(20)25-22(14)27;/h3-8,18,20,23H,9-12H2,1-2H3,(H,24,26)(H,25,27);1H/t18-,20-;/m0./s1. The van der Waals surface area contributed by atoms with Gasteiger partial charge in [-0.3, -0.25) is 9.59 Å². The van der Waals surface area contributed by atoms with Crippen molar-refractivity contribution in [3.05, 3.63) is 47.5 Å². The number of fused-ring (bicyclic) bond motifs is 7. The molecule has 1 saturated heterocycles. The van der Waals surface area contributed by atoms with Gasteiger partial charge >= 0.3 is 0 Å². The molecule has 2 aromatic rings. The predicted molar refractivity (Wildman–Crippen MR) is 119 cm³/mol. The first-order valence-electron chi connectivity index (χ1n) is 9.99. The predicted octanol–water partition coefficient (Wildman–Crippen LogP) is 1.28. The summed E-state index contributed by atoms with van der Waals surface area (Å²) in [6, 6.07) is 10.1. The van der Waals surface area contributed by atoms with Gasteiger partial charge in [0.05, 0.1) is 20.3 Å². The van der Waals surface area contributed by atoms with Crippen LogP contribution in [0.5, 0.6) is 23.0 Å². The molecule has 0 saturated carbocycles. The van der Waals surface area contributed by atoms with E-state index in [2.05, 4.69) is 16.0 Å². The molecule has 9 nitrogen and oxygen atoms in total. The molecule has 0 aromatic heterocycles. The average Bonchev–Trinajstić information content (AvgIpc) is 3.22. The molecule has 3 aliphatic heterocycles. The molecule has 10 heteroatoms. The van der Waals surface area contributed by atoms with E-state index in [-0.39, 0.29) is 49.5 Å². The molecule has 172 valence electrons. The van der Waals surface area contributed by atoms with Crippen molar-refractivity contribution in [2.45, 2.75) is 18.7 Å². The van der Waals surface area contributed by atoms with E-state index in [0.29, 0.717) is 41.7 Å². The maximum Gasteiger partial charge on any atom is 0.258 e. The number of rotatable bonds is 2. The highest BCUT2D eigenvalue weighted by molar-refractivity contribution is 5.95. The second kappa shape index (κ2) is 10.4. The summed E-state index contributed by atoms with van der Waals surface area (Å²) in [5.41, 5.74) is 1.18. The van der Waals surface area contributed by atoms with Crippen LogP contribution in [0.15, 0.2) is 36.4 Å². The Morgan fingerprint density at radius 3 is 2.62 bits per heavy atom. The minimum Gasteiger partial charge on any atom is -0.497 e. The Bertz CT molecular complexity index is 986. The summed E-state index contributed by atoms with van der Waals surface area (Å²) in [6.45, 7) is 1.25. The molecule has 2 atom stereocenters. The molecule has 2 aromatic carbocycles. The fourth-order valence-corrected chi connectivity index (χ4v) is 3.59. The molecule has 3 aliphatic rings. The second-order valence-electron chi connectivity index (χ2n) is 7.33. The van der Waals surface area contributed by atoms with E-state index in [1.807, 2.05) is 12.1 Å². The van der Waals surface area contributed by atoms with Gasteiger partial charge in [-0.2, -0.15) is 0 Å². The van der Waals surface area contributed by atoms with Crippen LogP contribution in [-0.4, -0.2) is 57.9 Å². The third kappa shape index (κ3) is 5.35. The summed E-state index contributed by atoms with van der Waals surface area (Å²) in [4.78, 5) is 25.2. The number of methoxy groups -OCH3 is 2. The number of halogens is 1. The summed E-state index contributed by atoms with van der Waals surface area (Å²) < 4.78 is 22.5. The van der Waals surface area contributed by atoms with Crippen molar-refractivity contribution in [1.82, 2.24) is 16.0 Å². The van der Waals surface area contributed by atoms with Gasteiger partial charge in [0, 0.05) is 42.9 Å². The molecule has 0 radical (unpaired) electrons. The first kappa shape index (κ1) is 23.5. The molecule has 0 unspecified atom stereocenters. The van der Waals surface area contributed by atoms with Crippen LogP contribution >= 0.6 is 12.4 Å². The maximum absolute atomic E-state index is 12.9. The highest BCUT2D eigenvalue weighted by Crippen LogP contribution is 2.27. The SMILES string of the molecule is COc1cc2cc(c1)C(=O)N[C@H]1CNC[C@@H]1Oc1ccc(c(OC)c1)CNC(=O)CO2.Cl. The summed E-state index contributed by atoms with van der Waals surface area (Å²) in [6.07, 6.45) is -0.253. The molecular weight excluding hydrogens is 438 g/mol. The minimum absolute atomic E-state index is 0. The zero-order valence-electron chi connectivity index (χ0n) is 17.8. The zero-order valence-corrected chi connectivity index (χ0v) is 18.6. The fraction of sp³-hybridized carbons (Fsp3) is 0.364. The van der Waals surface area contributed by atoms with Gasteiger partial charge in [0.1, 0.15) is 29.1 Å². The lowest BCUT2D eigenvalue weighted by Crippen LogP contribution is -2.45. The van der Waals surface area contributed by atoms with E-state index < -0.39 is 0 Å². The Hall–Kier alpha value is -3.17. The van der Waals surface area contributed by atoms with E-state index >= 15 is 0 Å². The lowest BCUT2D eigenvalue weighted by molar-refractivity contribution is -0.123. The summed E-state index contributed by atoms with van der Waals surface area (Å²) in [5.74, 6) is 1.46. The zero-order chi connectivity index (χ0) is 21.8. The van der Waals surface area contributed by atoms with E-state index in [4.69, 9.17) is 18.9 Å². The van der Waals surface area contributed by atoms with Gasteiger partial charge in [-0.05, 0) is 24.3 Å². The summed E-state index contributed by atoms with van der Waals surface area (Å²) in [5, 5.41) is 9.07. The fourth-order valence-electron chi connectivity index (χ4n) is 3.59. The van der Waals surface area contributed by atoms with Gasteiger partial charge in [-0.1, -0.05) is 0 Å². The maximum atomic E-state index is 12.9. The lowest BCUT2D eigenvalue weighted by atomic mass is 10.1. The highest BCUT2D eigenvalue weighted by Gasteiger charge is 2.31. The van der Waals surface area contributed by atoms with Crippen LogP contribution in [0, 0.1) is 0 Å². The van der Waals surface area contributed by atoms with E-state index in [1.54, 1.807) is 31.4 Å². The van der Waals surface area contributed by atoms with Gasteiger partial charge in [0.25, 0.3) is 11.8 Å². The second-order valence-corrected chi connectivity index (χ2v) is 7.33. The number of hydrogen-bond donors (Lipinski definition) is 3. The van der Waals surface area contributed by atoms with E-state index in [9.17, 15) is 9.59 Å². The summed E-state index contributed by atoms with van der Waals surface area (Å²) >= 11 is 0. The molecule has 1 fully saturated rings. The minimum atomic E-state index is -0.305. The topological polar surface area (TPSA) is 107 Å². The number of carbonyl (C=O) groups excluding carboxylic acids is 2. The van der Waals surface area contributed by atoms with E-state index in [1.165, 1.54) is 7.11 Å². The largest absolute Gasteiger partial charge is 0.497 e. The third-order valence-corrected chi connectivity index (χ3v) is 5.24.